The third-order valence-electron chi connectivity index (χ3n) is 3.91. The minimum absolute atomic E-state index is 0. The third-order valence-corrected chi connectivity index (χ3v) is 5.82. The van der Waals surface area contributed by atoms with Crippen molar-refractivity contribution in [2.45, 2.75) is 38.4 Å². The maximum absolute atomic E-state index is 13.8. The number of benzene rings is 1. The number of hydrogen-bond acceptors (Lipinski definition) is 3. The largest absolute Gasteiger partial charge is 0.313 e. The van der Waals surface area contributed by atoms with Crippen LogP contribution < -0.4 is 10.0 Å². The molecule has 0 spiro atoms. The maximum Gasteiger partial charge on any atom is 0.279 e. The van der Waals surface area contributed by atoms with Crippen LogP contribution in [0.15, 0.2) is 18.2 Å². The van der Waals surface area contributed by atoms with E-state index in [-0.39, 0.29) is 41.6 Å². The standard InChI is InChI=1S/C14H21ClFN3O2S.ClH/c1-10-14(7-4-8-17-10)18-22(20,21)19(2)9-11-12(15)5-3-6-13(11)16;/h3,5-6,10,14,17-18H,4,7-9H2,1-2H3;1H. The van der Waals surface area contributed by atoms with E-state index >= 15 is 0 Å². The monoisotopic (exact) mass is 385 g/mol. The number of piperidine rings is 1. The van der Waals surface area contributed by atoms with Gasteiger partial charge in [-0.3, -0.25) is 0 Å². The lowest BCUT2D eigenvalue weighted by molar-refractivity contribution is 0.338. The van der Waals surface area contributed by atoms with Crippen molar-refractivity contribution in [2.75, 3.05) is 13.6 Å². The van der Waals surface area contributed by atoms with Crippen LogP contribution in [-0.4, -0.2) is 38.4 Å². The van der Waals surface area contributed by atoms with E-state index in [4.69, 9.17) is 11.6 Å². The van der Waals surface area contributed by atoms with Crippen LogP contribution in [0.25, 0.3) is 0 Å². The van der Waals surface area contributed by atoms with Gasteiger partial charge in [0, 0.05) is 36.3 Å². The SMILES string of the molecule is CC1NCCCC1NS(=O)(=O)N(C)Cc1c(F)cccc1Cl.Cl. The van der Waals surface area contributed by atoms with E-state index in [2.05, 4.69) is 10.0 Å². The highest BCUT2D eigenvalue weighted by atomic mass is 35.5. The predicted octanol–water partition coefficient (Wildman–Crippen LogP) is 2.31. The summed E-state index contributed by atoms with van der Waals surface area (Å²) >= 11 is 5.95. The van der Waals surface area contributed by atoms with Crippen LogP contribution >= 0.6 is 24.0 Å². The molecule has 1 saturated heterocycles. The van der Waals surface area contributed by atoms with Crippen molar-refractivity contribution in [3.63, 3.8) is 0 Å². The lowest BCUT2D eigenvalue weighted by Crippen LogP contribution is -2.54. The van der Waals surface area contributed by atoms with Gasteiger partial charge in [-0.2, -0.15) is 17.4 Å². The molecule has 0 saturated carbocycles. The number of nitrogens with one attached hydrogen (secondary N) is 2. The zero-order valence-corrected chi connectivity index (χ0v) is 15.4. The summed E-state index contributed by atoms with van der Waals surface area (Å²) in [5.41, 5.74) is 0.173. The Kier molecular flexibility index (Phi) is 7.70. The van der Waals surface area contributed by atoms with Crippen molar-refractivity contribution in [3.8, 4) is 0 Å². The Morgan fingerprint density at radius 3 is 2.78 bits per heavy atom. The van der Waals surface area contributed by atoms with Crippen molar-refractivity contribution in [2.24, 2.45) is 0 Å². The number of halogens is 3. The Hall–Kier alpha value is -0.440. The van der Waals surface area contributed by atoms with Crippen LogP contribution in [0, 0.1) is 5.82 Å². The van der Waals surface area contributed by atoms with Gasteiger partial charge in [0.15, 0.2) is 0 Å². The molecular weight excluding hydrogens is 364 g/mol. The summed E-state index contributed by atoms with van der Waals surface area (Å²) in [6.45, 7) is 2.72. The van der Waals surface area contributed by atoms with Crippen LogP contribution in [0.2, 0.25) is 5.02 Å². The maximum atomic E-state index is 13.8. The van der Waals surface area contributed by atoms with Gasteiger partial charge >= 0.3 is 0 Å². The van der Waals surface area contributed by atoms with Gasteiger partial charge in [-0.15, -0.1) is 12.4 Å². The predicted molar refractivity (Wildman–Crippen MR) is 92.7 cm³/mol. The van der Waals surface area contributed by atoms with E-state index in [9.17, 15) is 12.8 Å². The summed E-state index contributed by atoms with van der Waals surface area (Å²) in [6.07, 6.45) is 1.70. The van der Waals surface area contributed by atoms with Gasteiger partial charge in [0.25, 0.3) is 10.2 Å². The second kappa shape index (κ2) is 8.60. The molecule has 132 valence electrons. The molecule has 0 aromatic heterocycles. The van der Waals surface area contributed by atoms with Crippen molar-refractivity contribution in [1.29, 1.82) is 0 Å². The van der Waals surface area contributed by atoms with Gasteiger partial charge in [-0.1, -0.05) is 17.7 Å². The molecule has 1 fully saturated rings. The Labute approximate surface area is 148 Å². The molecule has 23 heavy (non-hydrogen) atoms. The summed E-state index contributed by atoms with van der Waals surface area (Å²) in [5.74, 6) is -0.512. The number of rotatable bonds is 5. The molecular formula is C14H22Cl2FN3O2S. The summed E-state index contributed by atoms with van der Waals surface area (Å²) < 4.78 is 42.3. The number of nitrogens with zero attached hydrogens (tertiary/aromatic N) is 1. The van der Waals surface area contributed by atoms with Crippen LogP contribution in [-0.2, 0) is 16.8 Å². The highest BCUT2D eigenvalue weighted by Gasteiger charge is 2.28. The Balaban J connectivity index is 0.00000264. The molecule has 2 rings (SSSR count). The molecule has 0 bridgehead atoms. The van der Waals surface area contributed by atoms with E-state index in [0.29, 0.717) is 0 Å². The molecule has 0 radical (unpaired) electrons. The van der Waals surface area contributed by atoms with E-state index < -0.39 is 16.0 Å². The van der Waals surface area contributed by atoms with Crippen molar-refractivity contribution in [3.05, 3.63) is 34.6 Å². The van der Waals surface area contributed by atoms with Crippen molar-refractivity contribution in [1.82, 2.24) is 14.3 Å². The normalized spacial score (nSPS) is 22.0. The molecule has 0 aliphatic carbocycles. The molecule has 0 amide bonds. The molecule has 1 aliphatic heterocycles. The first-order valence-corrected chi connectivity index (χ1v) is 9.03. The molecule has 1 heterocycles. The lowest BCUT2D eigenvalue weighted by atomic mass is 10.0. The average Bonchev–Trinajstić information content (AvgIpc) is 2.45. The zero-order valence-electron chi connectivity index (χ0n) is 13.1. The number of hydrogen-bond donors (Lipinski definition) is 2. The van der Waals surface area contributed by atoms with Gasteiger partial charge < -0.3 is 5.32 Å². The van der Waals surface area contributed by atoms with Crippen LogP contribution in [0.3, 0.4) is 0 Å². The molecule has 2 atom stereocenters. The zero-order chi connectivity index (χ0) is 16.3. The molecule has 9 heteroatoms. The smallest absolute Gasteiger partial charge is 0.279 e. The van der Waals surface area contributed by atoms with E-state index in [1.54, 1.807) is 6.07 Å². The first-order valence-electron chi connectivity index (χ1n) is 7.21. The molecule has 2 unspecified atom stereocenters. The summed E-state index contributed by atoms with van der Waals surface area (Å²) in [4.78, 5) is 0. The Bertz CT molecular complexity index is 610. The van der Waals surface area contributed by atoms with E-state index in [0.717, 1.165) is 23.7 Å². The molecule has 1 aliphatic rings. The van der Waals surface area contributed by atoms with Gasteiger partial charge in [-0.05, 0) is 38.4 Å². The summed E-state index contributed by atoms with van der Waals surface area (Å²) in [7, 11) is -2.30. The fourth-order valence-corrected chi connectivity index (χ4v) is 3.88. The minimum Gasteiger partial charge on any atom is -0.313 e. The second-order valence-electron chi connectivity index (χ2n) is 5.57. The van der Waals surface area contributed by atoms with Crippen molar-refractivity contribution >= 4 is 34.2 Å². The van der Waals surface area contributed by atoms with E-state index in [1.807, 2.05) is 6.92 Å². The topological polar surface area (TPSA) is 61.4 Å². The van der Waals surface area contributed by atoms with Gasteiger partial charge in [0.05, 0.1) is 0 Å². The Morgan fingerprint density at radius 1 is 1.48 bits per heavy atom. The second-order valence-corrected chi connectivity index (χ2v) is 7.79. The first-order chi connectivity index (χ1) is 10.3. The van der Waals surface area contributed by atoms with Gasteiger partial charge in [0.1, 0.15) is 5.82 Å². The fourth-order valence-electron chi connectivity index (χ4n) is 2.48. The summed E-state index contributed by atoms with van der Waals surface area (Å²) in [6, 6.07) is 4.19. The molecule has 1 aromatic rings. The van der Waals surface area contributed by atoms with Gasteiger partial charge in [-0.25, -0.2) is 4.39 Å². The molecule has 5 nitrogen and oxygen atoms in total. The highest BCUT2D eigenvalue weighted by molar-refractivity contribution is 7.87. The fraction of sp³-hybridized carbons (Fsp3) is 0.571. The van der Waals surface area contributed by atoms with Crippen LogP contribution in [0.1, 0.15) is 25.3 Å². The Morgan fingerprint density at radius 2 is 2.17 bits per heavy atom. The highest BCUT2D eigenvalue weighted by Crippen LogP contribution is 2.21. The van der Waals surface area contributed by atoms with Crippen molar-refractivity contribution < 1.29 is 12.8 Å². The lowest BCUT2D eigenvalue weighted by Gasteiger charge is -2.31. The summed E-state index contributed by atoms with van der Waals surface area (Å²) in [5, 5.41) is 3.45. The van der Waals surface area contributed by atoms with Crippen LogP contribution in [0.4, 0.5) is 4.39 Å². The van der Waals surface area contributed by atoms with Crippen LogP contribution in [0.5, 0.6) is 0 Å². The first kappa shape index (κ1) is 20.6. The third kappa shape index (κ3) is 5.27. The van der Waals surface area contributed by atoms with Gasteiger partial charge in [0.2, 0.25) is 0 Å². The molecule has 1 aromatic carbocycles. The van der Waals surface area contributed by atoms with E-state index in [1.165, 1.54) is 19.2 Å². The molecule has 2 N–H and O–H groups in total. The minimum atomic E-state index is -3.71. The average molecular weight is 386 g/mol. The quantitative estimate of drug-likeness (QED) is 0.817.